The molecule has 8 nitrogen and oxygen atoms in total. The van der Waals surface area contributed by atoms with Crippen molar-refractivity contribution in [1.29, 1.82) is 0 Å². The van der Waals surface area contributed by atoms with Crippen LogP contribution < -0.4 is 14.8 Å². The zero-order valence-electron chi connectivity index (χ0n) is 14.4. The van der Waals surface area contributed by atoms with Crippen molar-refractivity contribution in [2.24, 2.45) is 0 Å². The van der Waals surface area contributed by atoms with E-state index in [0.717, 1.165) is 11.3 Å². The summed E-state index contributed by atoms with van der Waals surface area (Å²) in [5, 5.41) is 10.2. The highest BCUT2D eigenvalue weighted by atomic mass is 32.2. The number of nitrogens with zero attached hydrogens (tertiary/aromatic N) is 2. The maximum atomic E-state index is 11.6. The standard InChI is InChI=1S/C17H19N5O3S/c1-3-26(23,24)22-13-6-4-12(5-7-13)15-11-17(21-20-15)19-16-10-14(25-2)8-9-18-16/h4-11,22H,3H2,1-2H3,(H2,18,19,20,21). The van der Waals surface area contributed by atoms with Crippen molar-refractivity contribution < 1.29 is 13.2 Å². The van der Waals surface area contributed by atoms with Crippen LogP contribution in [0.15, 0.2) is 48.7 Å². The number of benzene rings is 1. The third-order valence-electron chi connectivity index (χ3n) is 3.65. The number of hydrogen-bond acceptors (Lipinski definition) is 6. The second kappa shape index (κ2) is 7.44. The Morgan fingerprint density at radius 1 is 1.12 bits per heavy atom. The minimum absolute atomic E-state index is 0.0304. The van der Waals surface area contributed by atoms with Gasteiger partial charge in [0.15, 0.2) is 5.82 Å². The molecule has 2 heterocycles. The van der Waals surface area contributed by atoms with Gasteiger partial charge in [0.2, 0.25) is 10.0 Å². The lowest BCUT2D eigenvalue weighted by atomic mass is 10.1. The molecule has 9 heteroatoms. The number of rotatable bonds is 7. The minimum atomic E-state index is -3.28. The van der Waals surface area contributed by atoms with E-state index in [1.165, 1.54) is 0 Å². The van der Waals surface area contributed by atoms with Gasteiger partial charge < -0.3 is 10.1 Å². The first-order valence-electron chi connectivity index (χ1n) is 7.92. The Morgan fingerprint density at radius 2 is 1.88 bits per heavy atom. The van der Waals surface area contributed by atoms with Crippen molar-refractivity contribution >= 4 is 27.3 Å². The van der Waals surface area contributed by atoms with Crippen LogP contribution in [0.3, 0.4) is 0 Å². The average molecular weight is 373 g/mol. The number of pyridine rings is 1. The van der Waals surface area contributed by atoms with Crippen LogP contribution in [0.5, 0.6) is 5.75 Å². The van der Waals surface area contributed by atoms with E-state index in [4.69, 9.17) is 4.74 Å². The van der Waals surface area contributed by atoms with Crippen molar-refractivity contribution in [3.63, 3.8) is 0 Å². The third kappa shape index (κ3) is 4.31. The molecule has 0 saturated carbocycles. The van der Waals surface area contributed by atoms with Gasteiger partial charge in [0.05, 0.1) is 18.6 Å². The molecule has 0 bridgehead atoms. The molecule has 0 spiro atoms. The molecular formula is C17H19N5O3S. The monoisotopic (exact) mass is 373 g/mol. The van der Waals surface area contributed by atoms with Crippen LogP contribution in [0.4, 0.5) is 17.3 Å². The summed E-state index contributed by atoms with van der Waals surface area (Å²) in [4.78, 5) is 4.21. The SMILES string of the molecule is CCS(=O)(=O)Nc1ccc(-c2cc(Nc3cc(OC)ccn3)n[nH]2)cc1. The second-order valence-electron chi connectivity index (χ2n) is 5.46. The van der Waals surface area contributed by atoms with E-state index in [-0.39, 0.29) is 5.75 Å². The summed E-state index contributed by atoms with van der Waals surface area (Å²) in [7, 11) is -1.69. The molecule has 3 rings (SSSR count). The number of nitrogens with one attached hydrogen (secondary N) is 3. The fourth-order valence-corrected chi connectivity index (χ4v) is 2.88. The summed E-state index contributed by atoms with van der Waals surface area (Å²) < 4.78 is 30.9. The first-order valence-corrected chi connectivity index (χ1v) is 9.57. The molecule has 0 aliphatic heterocycles. The summed E-state index contributed by atoms with van der Waals surface area (Å²) >= 11 is 0. The minimum Gasteiger partial charge on any atom is -0.497 e. The first-order chi connectivity index (χ1) is 12.5. The first kappa shape index (κ1) is 17.7. The summed E-state index contributed by atoms with van der Waals surface area (Å²) in [6.45, 7) is 1.59. The number of anilines is 3. The number of methoxy groups -OCH3 is 1. The van der Waals surface area contributed by atoms with Crippen LogP contribution in [-0.2, 0) is 10.0 Å². The quantitative estimate of drug-likeness (QED) is 0.587. The Hall–Kier alpha value is -3.07. The fraction of sp³-hybridized carbons (Fsp3) is 0.176. The van der Waals surface area contributed by atoms with Crippen molar-refractivity contribution in [3.05, 3.63) is 48.7 Å². The molecule has 0 unspecified atom stereocenters. The molecule has 0 aliphatic carbocycles. The molecule has 136 valence electrons. The predicted octanol–water partition coefficient (Wildman–Crippen LogP) is 2.99. The van der Waals surface area contributed by atoms with Gasteiger partial charge in [-0.2, -0.15) is 5.10 Å². The van der Waals surface area contributed by atoms with E-state index in [9.17, 15) is 8.42 Å². The molecular weight excluding hydrogens is 354 g/mol. The zero-order chi connectivity index (χ0) is 18.6. The normalized spacial score (nSPS) is 11.2. The highest BCUT2D eigenvalue weighted by Gasteiger charge is 2.08. The molecule has 0 atom stereocenters. The molecule has 0 radical (unpaired) electrons. The van der Waals surface area contributed by atoms with Gasteiger partial charge in [0.1, 0.15) is 11.6 Å². The van der Waals surface area contributed by atoms with Gasteiger partial charge in [0.25, 0.3) is 0 Å². The smallest absolute Gasteiger partial charge is 0.232 e. The van der Waals surface area contributed by atoms with Gasteiger partial charge in [-0.15, -0.1) is 0 Å². The highest BCUT2D eigenvalue weighted by molar-refractivity contribution is 7.92. The highest BCUT2D eigenvalue weighted by Crippen LogP contribution is 2.24. The maximum Gasteiger partial charge on any atom is 0.232 e. The maximum absolute atomic E-state index is 11.6. The zero-order valence-corrected chi connectivity index (χ0v) is 15.2. The van der Waals surface area contributed by atoms with E-state index in [2.05, 4.69) is 25.2 Å². The van der Waals surface area contributed by atoms with Crippen molar-refractivity contribution in [2.75, 3.05) is 22.9 Å². The van der Waals surface area contributed by atoms with Crippen molar-refractivity contribution in [3.8, 4) is 17.0 Å². The predicted molar refractivity (Wildman–Crippen MR) is 101 cm³/mol. The number of H-pyrrole nitrogens is 1. The van der Waals surface area contributed by atoms with Crippen LogP contribution in [0.25, 0.3) is 11.3 Å². The van der Waals surface area contributed by atoms with Crippen molar-refractivity contribution in [1.82, 2.24) is 15.2 Å². The number of aromatic amines is 1. The molecule has 1 aromatic carbocycles. The Morgan fingerprint density at radius 3 is 2.58 bits per heavy atom. The number of hydrogen-bond donors (Lipinski definition) is 3. The van der Waals surface area contributed by atoms with Gasteiger partial charge in [-0.3, -0.25) is 9.82 Å². The lowest BCUT2D eigenvalue weighted by Crippen LogP contribution is -2.14. The lowest BCUT2D eigenvalue weighted by Gasteiger charge is -2.06. The molecule has 2 aromatic heterocycles. The van der Waals surface area contributed by atoms with Crippen LogP contribution in [-0.4, -0.2) is 36.5 Å². The number of aromatic nitrogens is 3. The van der Waals surface area contributed by atoms with Gasteiger partial charge in [-0.05, 0) is 30.7 Å². The molecule has 0 amide bonds. The summed E-state index contributed by atoms with van der Waals surface area (Å²) in [5.41, 5.74) is 2.19. The van der Waals surface area contributed by atoms with Gasteiger partial charge in [-0.25, -0.2) is 13.4 Å². The van der Waals surface area contributed by atoms with E-state index in [0.29, 0.717) is 23.1 Å². The molecule has 0 aliphatic rings. The lowest BCUT2D eigenvalue weighted by molar-refractivity contribution is 0.414. The number of sulfonamides is 1. The summed E-state index contributed by atoms with van der Waals surface area (Å²) in [5.74, 6) is 1.95. The molecule has 26 heavy (non-hydrogen) atoms. The van der Waals surface area contributed by atoms with E-state index < -0.39 is 10.0 Å². The topological polar surface area (TPSA) is 109 Å². The van der Waals surface area contributed by atoms with E-state index >= 15 is 0 Å². The molecule has 0 saturated heterocycles. The van der Waals surface area contributed by atoms with E-state index in [1.54, 1.807) is 44.5 Å². The van der Waals surface area contributed by atoms with Crippen LogP contribution in [0.2, 0.25) is 0 Å². The molecule has 3 aromatic rings. The second-order valence-corrected chi connectivity index (χ2v) is 7.47. The van der Waals surface area contributed by atoms with Gasteiger partial charge >= 0.3 is 0 Å². The average Bonchev–Trinajstić information content (AvgIpc) is 3.10. The molecule has 3 N–H and O–H groups in total. The Labute approximate surface area is 151 Å². The van der Waals surface area contributed by atoms with Gasteiger partial charge in [-0.1, -0.05) is 12.1 Å². The number of ether oxygens (including phenoxy) is 1. The summed E-state index contributed by atoms with van der Waals surface area (Å²) in [6.07, 6.45) is 1.64. The van der Waals surface area contributed by atoms with Crippen LogP contribution >= 0.6 is 0 Å². The Balaban J connectivity index is 1.73. The Kier molecular flexibility index (Phi) is 5.08. The van der Waals surface area contributed by atoms with Crippen LogP contribution in [0.1, 0.15) is 6.92 Å². The van der Waals surface area contributed by atoms with Gasteiger partial charge in [0, 0.05) is 24.0 Å². The van der Waals surface area contributed by atoms with Crippen molar-refractivity contribution in [2.45, 2.75) is 6.92 Å². The van der Waals surface area contributed by atoms with Crippen LogP contribution in [0, 0.1) is 0 Å². The molecule has 0 fully saturated rings. The largest absolute Gasteiger partial charge is 0.497 e. The Bertz CT molecular complexity index is 984. The summed E-state index contributed by atoms with van der Waals surface area (Å²) in [6, 6.07) is 12.4. The third-order valence-corrected chi connectivity index (χ3v) is 4.96. The fourth-order valence-electron chi connectivity index (χ4n) is 2.24. The van der Waals surface area contributed by atoms with E-state index in [1.807, 2.05) is 18.2 Å².